The number of nitrogen functional groups attached to an aromatic ring is 1. The van der Waals surface area contributed by atoms with E-state index in [1.807, 2.05) is 0 Å². The summed E-state index contributed by atoms with van der Waals surface area (Å²) in [6, 6.07) is 4.83. The molecule has 0 unspecified atom stereocenters. The van der Waals surface area contributed by atoms with Crippen LogP contribution in [0.5, 0.6) is 0 Å². The molecule has 1 aromatic carbocycles. The molecule has 0 spiro atoms. The van der Waals surface area contributed by atoms with E-state index in [4.69, 9.17) is 11.5 Å². The van der Waals surface area contributed by atoms with Crippen molar-refractivity contribution in [2.24, 2.45) is 5.73 Å². The molecule has 21 heavy (non-hydrogen) atoms. The van der Waals surface area contributed by atoms with Gasteiger partial charge in [-0.3, -0.25) is 4.79 Å². The van der Waals surface area contributed by atoms with E-state index in [0.717, 1.165) is 23.9 Å². The molecule has 0 saturated carbocycles. The molecule has 9 heteroatoms. The number of aromatic nitrogens is 2. The number of nitrogens with two attached hydrogens (primary N) is 2. The molecule has 1 aromatic heterocycles. The first-order chi connectivity index (χ1) is 9.79. The summed E-state index contributed by atoms with van der Waals surface area (Å²) in [4.78, 5) is 17.8. The van der Waals surface area contributed by atoms with E-state index >= 15 is 0 Å². The predicted octanol–water partition coefficient (Wildman–Crippen LogP) is 1.98. The minimum absolute atomic E-state index is 0.000813. The lowest BCUT2D eigenvalue weighted by Crippen LogP contribution is -2.12. The molecule has 1 heterocycles. The van der Waals surface area contributed by atoms with Gasteiger partial charge in [-0.05, 0) is 17.7 Å². The van der Waals surface area contributed by atoms with Gasteiger partial charge in [0.15, 0.2) is 5.16 Å². The Labute approximate surface area is 121 Å². The minimum atomic E-state index is -4.50. The summed E-state index contributed by atoms with van der Waals surface area (Å²) in [7, 11) is 0. The first-order valence-corrected chi connectivity index (χ1v) is 6.56. The SMILES string of the molecule is NCc1ccc(Sc2nc(N)cc(=O)[nH]2)cc1C(F)(F)F. The molecule has 0 radical (unpaired) electrons. The Morgan fingerprint density at radius 2 is 2.00 bits per heavy atom. The zero-order chi connectivity index (χ0) is 15.6. The number of hydrogen-bond acceptors (Lipinski definition) is 5. The van der Waals surface area contributed by atoms with E-state index in [9.17, 15) is 18.0 Å². The summed E-state index contributed by atoms with van der Waals surface area (Å²) in [5, 5.41) is 0.119. The van der Waals surface area contributed by atoms with Crippen molar-refractivity contribution in [2.45, 2.75) is 22.8 Å². The van der Waals surface area contributed by atoms with Crippen molar-refractivity contribution in [1.29, 1.82) is 0 Å². The number of H-pyrrole nitrogens is 1. The van der Waals surface area contributed by atoms with Crippen LogP contribution in [0.15, 0.2) is 39.1 Å². The first-order valence-electron chi connectivity index (χ1n) is 5.74. The Balaban J connectivity index is 2.39. The molecule has 0 atom stereocenters. The third kappa shape index (κ3) is 3.76. The normalized spacial score (nSPS) is 11.6. The van der Waals surface area contributed by atoms with Gasteiger partial charge in [-0.25, -0.2) is 4.98 Å². The van der Waals surface area contributed by atoms with Crippen LogP contribution in [0.4, 0.5) is 19.0 Å². The van der Waals surface area contributed by atoms with Crippen LogP contribution in [0.2, 0.25) is 0 Å². The quantitative estimate of drug-likeness (QED) is 0.752. The van der Waals surface area contributed by atoms with Gasteiger partial charge >= 0.3 is 6.18 Å². The third-order valence-corrected chi connectivity index (χ3v) is 3.44. The van der Waals surface area contributed by atoms with Gasteiger partial charge in [-0.1, -0.05) is 17.8 Å². The topological polar surface area (TPSA) is 97.8 Å². The van der Waals surface area contributed by atoms with E-state index in [1.54, 1.807) is 0 Å². The van der Waals surface area contributed by atoms with Crippen LogP contribution >= 0.6 is 11.8 Å². The van der Waals surface area contributed by atoms with Crippen molar-refractivity contribution in [3.63, 3.8) is 0 Å². The Kier molecular flexibility index (Phi) is 4.24. The molecule has 0 amide bonds. The van der Waals surface area contributed by atoms with Crippen LogP contribution in [0.25, 0.3) is 0 Å². The average molecular weight is 316 g/mol. The maximum absolute atomic E-state index is 12.9. The lowest BCUT2D eigenvalue weighted by atomic mass is 10.1. The van der Waals surface area contributed by atoms with Gasteiger partial charge in [0.05, 0.1) is 5.56 Å². The molecule has 2 rings (SSSR count). The van der Waals surface area contributed by atoms with Gasteiger partial charge in [0.2, 0.25) is 0 Å². The number of rotatable bonds is 3. The summed E-state index contributed by atoms with van der Waals surface area (Å²) in [6.07, 6.45) is -4.50. The number of benzene rings is 1. The summed E-state index contributed by atoms with van der Waals surface area (Å²) >= 11 is 0.878. The number of anilines is 1. The molecule has 5 nitrogen and oxygen atoms in total. The second kappa shape index (κ2) is 5.78. The third-order valence-electron chi connectivity index (χ3n) is 2.56. The number of alkyl halides is 3. The van der Waals surface area contributed by atoms with Crippen LogP contribution in [0, 0.1) is 0 Å². The van der Waals surface area contributed by atoms with Crippen LogP contribution < -0.4 is 17.0 Å². The molecular formula is C12H11F3N4OS. The molecule has 5 N–H and O–H groups in total. The van der Waals surface area contributed by atoms with Crippen molar-refractivity contribution in [2.75, 3.05) is 5.73 Å². The molecule has 0 saturated heterocycles. The van der Waals surface area contributed by atoms with Crippen molar-refractivity contribution in [3.05, 3.63) is 45.7 Å². The number of halogens is 3. The molecular weight excluding hydrogens is 305 g/mol. The van der Waals surface area contributed by atoms with E-state index in [1.165, 1.54) is 12.1 Å². The molecule has 112 valence electrons. The van der Waals surface area contributed by atoms with Gasteiger partial charge < -0.3 is 16.5 Å². The smallest absolute Gasteiger partial charge is 0.383 e. The lowest BCUT2D eigenvalue weighted by molar-refractivity contribution is -0.138. The van der Waals surface area contributed by atoms with E-state index in [2.05, 4.69) is 9.97 Å². The Bertz CT molecular complexity index is 714. The van der Waals surface area contributed by atoms with Crippen molar-refractivity contribution in [1.82, 2.24) is 9.97 Å². The van der Waals surface area contributed by atoms with Crippen molar-refractivity contribution < 1.29 is 13.2 Å². The fraction of sp³-hybridized carbons (Fsp3) is 0.167. The first kappa shape index (κ1) is 15.4. The van der Waals surface area contributed by atoms with Crippen LogP contribution in [-0.2, 0) is 12.7 Å². The van der Waals surface area contributed by atoms with Gasteiger partial charge in [-0.2, -0.15) is 13.2 Å². The maximum atomic E-state index is 12.9. The number of aromatic amines is 1. The average Bonchev–Trinajstić information content (AvgIpc) is 2.36. The van der Waals surface area contributed by atoms with E-state index in [-0.39, 0.29) is 28.0 Å². The molecule has 2 aromatic rings. The van der Waals surface area contributed by atoms with Gasteiger partial charge in [0, 0.05) is 17.5 Å². The Hall–Kier alpha value is -2.00. The molecule has 0 aliphatic rings. The molecule has 0 fully saturated rings. The summed E-state index contributed by atoms with van der Waals surface area (Å²) in [5.74, 6) is -0.00382. The monoisotopic (exact) mass is 316 g/mol. The summed E-state index contributed by atoms with van der Waals surface area (Å²) < 4.78 is 38.8. The standard InChI is InChI=1S/C12H11F3N4OS/c13-12(14,15)8-3-7(2-1-6(8)5-16)21-11-18-9(17)4-10(20)19-11/h1-4H,5,16H2,(H3,17,18,19,20). The number of nitrogens with zero attached hydrogens (tertiary/aromatic N) is 1. The molecule has 0 aliphatic carbocycles. The van der Waals surface area contributed by atoms with Crippen molar-refractivity contribution in [3.8, 4) is 0 Å². The fourth-order valence-corrected chi connectivity index (χ4v) is 2.51. The van der Waals surface area contributed by atoms with E-state index < -0.39 is 17.3 Å². The van der Waals surface area contributed by atoms with Crippen LogP contribution in [0.1, 0.15) is 11.1 Å². The Morgan fingerprint density at radius 3 is 2.57 bits per heavy atom. The van der Waals surface area contributed by atoms with Crippen LogP contribution in [0.3, 0.4) is 0 Å². The second-order valence-electron chi connectivity index (χ2n) is 4.10. The largest absolute Gasteiger partial charge is 0.416 e. The minimum Gasteiger partial charge on any atom is -0.383 e. The Morgan fingerprint density at radius 1 is 1.29 bits per heavy atom. The molecule has 0 aliphatic heterocycles. The van der Waals surface area contributed by atoms with Gasteiger partial charge in [-0.15, -0.1) is 0 Å². The lowest BCUT2D eigenvalue weighted by Gasteiger charge is -2.13. The highest BCUT2D eigenvalue weighted by Crippen LogP contribution is 2.35. The van der Waals surface area contributed by atoms with Crippen molar-refractivity contribution >= 4 is 17.6 Å². The summed E-state index contributed by atoms with van der Waals surface area (Å²) in [5.41, 5.74) is 9.45. The highest BCUT2D eigenvalue weighted by molar-refractivity contribution is 7.99. The highest BCUT2D eigenvalue weighted by Gasteiger charge is 2.33. The second-order valence-corrected chi connectivity index (χ2v) is 5.16. The fourth-order valence-electron chi connectivity index (χ4n) is 1.67. The maximum Gasteiger partial charge on any atom is 0.416 e. The van der Waals surface area contributed by atoms with Crippen LogP contribution in [-0.4, -0.2) is 9.97 Å². The number of hydrogen-bond donors (Lipinski definition) is 3. The van der Waals surface area contributed by atoms with Gasteiger partial charge in [0.25, 0.3) is 5.56 Å². The predicted molar refractivity (Wildman–Crippen MR) is 72.7 cm³/mol. The number of nitrogens with one attached hydrogen (secondary N) is 1. The van der Waals surface area contributed by atoms with Gasteiger partial charge in [0.1, 0.15) is 5.82 Å². The van der Waals surface area contributed by atoms with E-state index in [0.29, 0.717) is 0 Å². The summed E-state index contributed by atoms with van der Waals surface area (Å²) in [6.45, 7) is -0.215. The zero-order valence-corrected chi connectivity index (χ0v) is 11.4. The molecule has 0 bridgehead atoms. The highest BCUT2D eigenvalue weighted by atomic mass is 32.2. The zero-order valence-electron chi connectivity index (χ0n) is 10.6.